The van der Waals surface area contributed by atoms with Crippen molar-refractivity contribution in [1.29, 1.82) is 0 Å². The minimum atomic E-state index is -0.794. The molecule has 2 aliphatic carbocycles. The molecule has 51 heavy (non-hydrogen) atoms. The maximum atomic E-state index is 15.5. The number of para-hydroxylation sites is 1. The van der Waals surface area contributed by atoms with Gasteiger partial charge in [0, 0.05) is 61.6 Å². The fourth-order valence-electron chi connectivity index (χ4n) is 8.46. The van der Waals surface area contributed by atoms with Crippen molar-refractivity contribution in [3.05, 3.63) is 87.7 Å². The fraction of sp³-hybridized carbons (Fsp3) is 0.524. The van der Waals surface area contributed by atoms with E-state index >= 15 is 4.39 Å². The molecule has 3 aromatic rings. The van der Waals surface area contributed by atoms with Gasteiger partial charge in [0.2, 0.25) is 5.91 Å². The van der Waals surface area contributed by atoms with E-state index in [0.29, 0.717) is 29.5 Å². The Kier molecular flexibility index (Phi) is 10.4. The molecule has 0 bridgehead atoms. The van der Waals surface area contributed by atoms with E-state index in [1.54, 1.807) is 31.1 Å². The summed E-state index contributed by atoms with van der Waals surface area (Å²) in [6.07, 6.45) is 8.59. The number of hydrogen-bond acceptors (Lipinski definition) is 6. The normalized spacial score (nSPS) is 20.9. The van der Waals surface area contributed by atoms with Crippen LogP contribution in [0.5, 0.6) is 5.75 Å². The number of rotatable bonds is 12. The van der Waals surface area contributed by atoms with Gasteiger partial charge in [0.05, 0.1) is 11.4 Å². The Labute approximate surface area is 307 Å². The number of ether oxygens (including phenoxy) is 1. The van der Waals surface area contributed by atoms with Gasteiger partial charge in [-0.2, -0.15) is 0 Å². The number of ketones is 1. The van der Waals surface area contributed by atoms with E-state index in [1.807, 2.05) is 18.2 Å². The highest BCUT2D eigenvalue weighted by Gasteiger charge is 2.44. The van der Waals surface area contributed by atoms with Crippen molar-refractivity contribution in [2.24, 2.45) is 11.8 Å². The van der Waals surface area contributed by atoms with Crippen molar-refractivity contribution >= 4 is 34.7 Å². The second-order valence-electron chi connectivity index (χ2n) is 15.6. The van der Waals surface area contributed by atoms with Gasteiger partial charge < -0.3 is 19.9 Å². The van der Waals surface area contributed by atoms with Crippen LogP contribution in [-0.4, -0.2) is 67.9 Å². The maximum absolute atomic E-state index is 15.5. The zero-order valence-electron chi connectivity index (χ0n) is 30.5. The van der Waals surface area contributed by atoms with Crippen LogP contribution < -0.4 is 15.0 Å². The monoisotopic (exact) mass is 714 g/mol. The number of fused-ring (bicyclic) bond motifs is 1. The summed E-state index contributed by atoms with van der Waals surface area (Å²) in [7, 11) is 3.59. The molecule has 272 valence electrons. The molecule has 0 spiro atoms. The third-order valence-electron chi connectivity index (χ3n) is 12.2. The molecule has 7 nitrogen and oxygen atoms in total. The number of amides is 1. The number of carbonyl (C=O) groups is 2. The number of hydrogen-bond donors (Lipinski definition) is 1. The first-order valence-electron chi connectivity index (χ1n) is 18.9. The van der Waals surface area contributed by atoms with Crippen molar-refractivity contribution in [2.45, 2.75) is 89.3 Å². The summed E-state index contributed by atoms with van der Waals surface area (Å²) in [5.41, 5.74) is 4.85. The summed E-state index contributed by atoms with van der Waals surface area (Å²) in [4.78, 5) is 32.3. The predicted molar refractivity (Wildman–Crippen MR) is 203 cm³/mol. The standard InChI is InChI=1S/C42H52ClFN4O3/c1-27-8-5-13-33(41(27)51-42(2,31-11-7-12-31)34-16-15-32(43)25-35(34)44)28-18-21-47(22-19-28)26-38-45-36-17-14-30(40(50)29-9-6-10-29)24-37(36)48(38)23-20-39(49)46(3)4/h5,8,13-17,24-25,28-29,31,38,45H,6-7,9-12,18-23,26H2,1-4H3. The lowest BCUT2D eigenvalue weighted by Crippen LogP contribution is -2.48. The molecule has 2 atom stereocenters. The Balaban J connectivity index is 1.06. The lowest BCUT2D eigenvalue weighted by atomic mass is 9.70. The van der Waals surface area contributed by atoms with Gasteiger partial charge in [-0.25, -0.2) is 4.39 Å². The van der Waals surface area contributed by atoms with Crippen LogP contribution in [0.1, 0.15) is 97.7 Å². The van der Waals surface area contributed by atoms with Gasteiger partial charge in [-0.15, -0.1) is 0 Å². The Hall–Kier alpha value is -3.62. The molecular formula is C42H52ClFN4O3. The van der Waals surface area contributed by atoms with Crippen LogP contribution in [0.2, 0.25) is 5.02 Å². The second kappa shape index (κ2) is 14.8. The first kappa shape index (κ1) is 35.8. The third kappa shape index (κ3) is 7.23. The number of halogens is 2. The molecule has 3 fully saturated rings. The van der Waals surface area contributed by atoms with Gasteiger partial charge in [0.1, 0.15) is 23.3 Å². The van der Waals surface area contributed by atoms with Gasteiger partial charge in [-0.05, 0) is 113 Å². The molecule has 4 aliphatic rings. The van der Waals surface area contributed by atoms with Crippen LogP contribution in [0.3, 0.4) is 0 Å². The molecule has 9 heteroatoms. The number of anilines is 2. The van der Waals surface area contributed by atoms with Crippen LogP contribution in [0.15, 0.2) is 54.6 Å². The van der Waals surface area contributed by atoms with Crippen LogP contribution in [-0.2, 0) is 10.4 Å². The molecule has 2 heterocycles. The molecule has 2 saturated carbocycles. The Morgan fingerprint density at radius 3 is 2.39 bits per heavy atom. The fourth-order valence-corrected chi connectivity index (χ4v) is 8.62. The van der Waals surface area contributed by atoms with E-state index < -0.39 is 5.60 Å². The lowest BCUT2D eigenvalue weighted by Gasteiger charge is -2.44. The van der Waals surface area contributed by atoms with Crippen molar-refractivity contribution in [3.63, 3.8) is 0 Å². The predicted octanol–water partition coefficient (Wildman–Crippen LogP) is 8.78. The molecule has 0 radical (unpaired) electrons. The number of Topliss-reactive ketones (excluding diaryl/α,β-unsaturated/α-hetero) is 1. The average Bonchev–Trinajstić information content (AvgIpc) is 3.39. The van der Waals surface area contributed by atoms with Crippen molar-refractivity contribution in [2.75, 3.05) is 50.5 Å². The van der Waals surface area contributed by atoms with Crippen molar-refractivity contribution in [1.82, 2.24) is 9.80 Å². The second-order valence-corrected chi connectivity index (χ2v) is 16.1. The average molecular weight is 715 g/mol. The number of aryl methyl sites for hydroxylation is 1. The van der Waals surface area contributed by atoms with Gasteiger partial charge in [0.15, 0.2) is 5.78 Å². The van der Waals surface area contributed by atoms with Crippen LogP contribution in [0, 0.1) is 24.6 Å². The Bertz CT molecular complexity index is 1770. The molecule has 1 amide bonds. The van der Waals surface area contributed by atoms with E-state index in [9.17, 15) is 9.59 Å². The van der Waals surface area contributed by atoms with E-state index in [1.165, 1.54) is 11.6 Å². The van der Waals surface area contributed by atoms with Gasteiger partial charge >= 0.3 is 0 Å². The largest absolute Gasteiger partial charge is 0.482 e. The van der Waals surface area contributed by atoms with Gasteiger partial charge in [0.25, 0.3) is 0 Å². The first-order chi connectivity index (χ1) is 24.5. The molecule has 7 rings (SSSR count). The molecule has 2 aliphatic heterocycles. The maximum Gasteiger partial charge on any atom is 0.223 e. The SMILES string of the molecule is Cc1cccc(C2CCN(CC3Nc4ccc(C(=O)C5CCC5)cc4N3CCC(=O)N(C)C)CC2)c1OC(C)(c1ccc(Cl)cc1F)C1CCC1. The number of benzene rings is 3. The highest BCUT2D eigenvalue weighted by Crippen LogP contribution is 2.49. The third-order valence-corrected chi connectivity index (χ3v) is 12.4. The van der Waals surface area contributed by atoms with Gasteiger partial charge in [-0.3, -0.25) is 14.5 Å². The number of likely N-dealkylation sites (tertiary alicyclic amines) is 1. The smallest absolute Gasteiger partial charge is 0.223 e. The minimum Gasteiger partial charge on any atom is -0.482 e. The first-order valence-corrected chi connectivity index (χ1v) is 19.3. The number of nitrogens with one attached hydrogen (secondary N) is 1. The summed E-state index contributed by atoms with van der Waals surface area (Å²) in [5.74, 6) is 1.59. The summed E-state index contributed by atoms with van der Waals surface area (Å²) in [5, 5.41) is 4.12. The zero-order valence-corrected chi connectivity index (χ0v) is 31.3. The lowest BCUT2D eigenvalue weighted by molar-refractivity contribution is -0.128. The van der Waals surface area contributed by atoms with Gasteiger partial charge in [-0.1, -0.05) is 48.7 Å². The molecule has 1 N–H and O–H groups in total. The highest BCUT2D eigenvalue weighted by molar-refractivity contribution is 6.30. The topological polar surface area (TPSA) is 65.1 Å². The number of carbonyl (C=O) groups excluding carboxylic acids is 2. The van der Waals surface area contributed by atoms with Crippen LogP contribution >= 0.6 is 11.6 Å². The van der Waals surface area contributed by atoms with E-state index in [-0.39, 0.29) is 35.5 Å². The zero-order chi connectivity index (χ0) is 35.9. The van der Waals surface area contributed by atoms with Crippen LogP contribution in [0.4, 0.5) is 15.8 Å². The van der Waals surface area contributed by atoms with Crippen LogP contribution in [0.25, 0.3) is 0 Å². The molecular weight excluding hydrogens is 663 g/mol. The number of piperidine rings is 1. The molecule has 0 aromatic heterocycles. The number of nitrogens with zero attached hydrogens (tertiary/aromatic N) is 3. The molecule has 2 unspecified atom stereocenters. The van der Waals surface area contributed by atoms with E-state index in [0.717, 1.165) is 99.3 Å². The van der Waals surface area contributed by atoms with E-state index in [4.69, 9.17) is 16.3 Å². The van der Waals surface area contributed by atoms with Crippen molar-refractivity contribution in [3.8, 4) is 5.75 Å². The summed E-state index contributed by atoms with van der Waals surface area (Å²) < 4.78 is 22.5. The quantitative estimate of drug-likeness (QED) is 0.189. The summed E-state index contributed by atoms with van der Waals surface area (Å²) in [6.45, 7) is 7.38. The summed E-state index contributed by atoms with van der Waals surface area (Å²) >= 11 is 6.16. The minimum absolute atomic E-state index is 0.00381. The van der Waals surface area contributed by atoms with Crippen molar-refractivity contribution < 1.29 is 18.7 Å². The molecule has 1 saturated heterocycles. The highest BCUT2D eigenvalue weighted by atomic mass is 35.5. The Morgan fingerprint density at radius 2 is 1.75 bits per heavy atom. The van der Waals surface area contributed by atoms with E-state index in [2.05, 4.69) is 47.2 Å². The summed E-state index contributed by atoms with van der Waals surface area (Å²) in [6, 6.07) is 17.4. The molecule has 3 aromatic carbocycles. The Morgan fingerprint density at radius 1 is 1.00 bits per heavy atom.